The Morgan fingerprint density at radius 1 is 0.800 bits per heavy atom. The Bertz CT molecular complexity index is 330. The predicted octanol–water partition coefficient (Wildman–Crippen LogP) is 1.08. The second kappa shape index (κ2) is 8.30. The quantitative estimate of drug-likeness (QED) is 0.318. The SMILES string of the molecule is [Pb+2].[S-]c1nnc(S)s1.[S-]c1nnc(S)s1. The van der Waals surface area contributed by atoms with Crippen molar-refractivity contribution in [3.63, 3.8) is 0 Å². The van der Waals surface area contributed by atoms with Crippen LogP contribution < -0.4 is 0 Å². The van der Waals surface area contributed by atoms with E-state index >= 15 is 0 Å². The molecule has 0 unspecified atom stereocenters. The molecule has 0 spiro atoms. The van der Waals surface area contributed by atoms with Gasteiger partial charge < -0.3 is 47.9 Å². The van der Waals surface area contributed by atoms with Crippen molar-refractivity contribution in [1.29, 1.82) is 0 Å². The molecule has 0 aliphatic heterocycles. The Morgan fingerprint density at radius 2 is 1.13 bits per heavy atom. The molecule has 2 aromatic heterocycles. The Hall–Kier alpha value is 1.18. The van der Waals surface area contributed by atoms with E-state index in [-0.39, 0.29) is 27.3 Å². The largest absolute Gasteiger partial charge is 2.00 e. The molecule has 0 bridgehead atoms. The number of hydrogen-bond donors (Lipinski definition) is 2. The number of nitrogens with zero attached hydrogens (tertiary/aromatic N) is 4. The summed E-state index contributed by atoms with van der Waals surface area (Å²) in [6.07, 6.45) is 0. The van der Waals surface area contributed by atoms with Crippen LogP contribution in [0.4, 0.5) is 0 Å². The molecule has 0 N–H and O–H groups in total. The van der Waals surface area contributed by atoms with Gasteiger partial charge in [-0.25, -0.2) is 0 Å². The Morgan fingerprint density at radius 3 is 1.20 bits per heavy atom. The van der Waals surface area contributed by atoms with Crippen molar-refractivity contribution in [3.05, 3.63) is 0 Å². The monoisotopic (exact) mass is 506 g/mol. The molecule has 2 heterocycles. The van der Waals surface area contributed by atoms with Crippen LogP contribution in [-0.4, -0.2) is 47.7 Å². The van der Waals surface area contributed by atoms with E-state index in [9.17, 15) is 0 Å². The maximum absolute atomic E-state index is 4.63. The van der Waals surface area contributed by atoms with Crippen LogP contribution in [0.25, 0.3) is 0 Å². The number of hydrogen-bond acceptors (Lipinski definition) is 10. The first kappa shape index (κ1) is 16.2. The van der Waals surface area contributed by atoms with Crippen LogP contribution in [0.3, 0.4) is 0 Å². The summed E-state index contributed by atoms with van der Waals surface area (Å²) < 4.78 is 2.35. The first-order valence-electron chi connectivity index (χ1n) is 2.97. The molecule has 0 fully saturated rings. The fraction of sp³-hybridized carbons (Fsp3) is 0. The molecule has 0 aliphatic rings. The third-order valence-electron chi connectivity index (χ3n) is 0.792. The molecule has 15 heavy (non-hydrogen) atoms. The van der Waals surface area contributed by atoms with Gasteiger partial charge in [-0.3, -0.25) is 0 Å². The van der Waals surface area contributed by atoms with E-state index < -0.39 is 0 Å². The minimum atomic E-state index is 0. The summed E-state index contributed by atoms with van der Waals surface area (Å²) in [5.74, 6) is 0. The van der Waals surface area contributed by atoms with Gasteiger partial charge in [0.1, 0.15) is 0 Å². The van der Waals surface area contributed by atoms with Crippen molar-refractivity contribution < 1.29 is 0 Å². The molecule has 0 saturated carbocycles. The smallest absolute Gasteiger partial charge is 0.406 e. The second-order valence-electron chi connectivity index (χ2n) is 1.70. The molecule has 4 nitrogen and oxygen atoms in total. The minimum Gasteiger partial charge on any atom is -0.406 e. The van der Waals surface area contributed by atoms with Crippen molar-refractivity contribution in [2.75, 3.05) is 0 Å². The Kier molecular flexibility index (Phi) is 8.95. The maximum atomic E-state index is 4.63. The third-order valence-corrected chi connectivity index (χ3v) is 3.22. The molecular formula is C4H2N4PbS6. The van der Waals surface area contributed by atoms with E-state index in [4.69, 9.17) is 0 Å². The van der Waals surface area contributed by atoms with Crippen LogP contribution >= 0.6 is 47.9 Å². The molecule has 78 valence electrons. The molecule has 0 aliphatic carbocycles. The van der Waals surface area contributed by atoms with Gasteiger partial charge in [0.05, 0.1) is 8.68 Å². The second-order valence-corrected chi connectivity index (χ2v) is 6.40. The zero-order valence-electron chi connectivity index (χ0n) is 6.82. The van der Waals surface area contributed by atoms with Crippen LogP contribution in [0.2, 0.25) is 0 Å². The summed E-state index contributed by atoms with van der Waals surface area (Å²) in [6, 6.07) is 0. The van der Waals surface area contributed by atoms with Crippen molar-refractivity contribution in [2.45, 2.75) is 17.4 Å². The average molecular weight is 506 g/mol. The third kappa shape index (κ3) is 7.17. The van der Waals surface area contributed by atoms with Gasteiger partial charge in [0.15, 0.2) is 0 Å². The van der Waals surface area contributed by atoms with Crippen molar-refractivity contribution >= 4 is 100 Å². The summed E-state index contributed by atoms with van der Waals surface area (Å²) in [7, 11) is 0. The zero-order chi connectivity index (χ0) is 10.6. The molecule has 2 aromatic rings. The van der Waals surface area contributed by atoms with Gasteiger partial charge in [-0.1, -0.05) is 0 Å². The van der Waals surface area contributed by atoms with Gasteiger partial charge in [-0.15, -0.1) is 25.3 Å². The fourth-order valence-corrected chi connectivity index (χ4v) is 2.58. The van der Waals surface area contributed by atoms with Crippen LogP contribution in [-0.2, 0) is 25.3 Å². The molecule has 2 radical (unpaired) electrons. The fourth-order valence-electron chi connectivity index (χ4n) is 0.405. The molecular weight excluding hydrogens is 504 g/mol. The topological polar surface area (TPSA) is 51.6 Å². The summed E-state index contributed by atoms with van der Waals surface area (Å²) in [4.78, 5) is 0. The summed E-state index contributed by atoms with van der Waals surface area (Å²) in [6.45, 7) is 0. The molecule has 11 heteroatoms. The van der Waals surface area contributed by atoms with Crippen LogP contribution in [0.1, 0.15) is 0 Å². The molecule has 0 atom stereocenters. The maximum Gasteiger partial charge on any atom is 2.00 e. The summed E-state index contributed by atoms with van der Waals surface area (Å²) in [5, 5.41) is 14.1. The first-order chi connectivity index (χ1) is 6.58. The number of thiol groups is 2. The van der Waals surface area contributed by atoms with Crippen molar-refractivity contribution in [3.8, 4) is 0 Å². The first-order valence-corrected chi connectivity index (χ1v) is 6.31. The van der Waals surface area contributed by atoms with Crippen LogP contribution in [0, 0.1) is 0 Å². The number of aromatic nitrogens is 4. The van der Waals surface area contributed by atoms with Crippen LogP contribution in [0.15, 0.2) is 17.4 Å². The zero-order valence-corrected chi connectivity index (χ0v) is 15.8. The molecule has 0 amide bonds. The molecule has 0 aromatic carbocycles. The van der Waals surface area contributed by atoms with Gasteiger partial charge in [0, 0.05) is 0 Å². The van der Waals surface area contributed by atoms with Gasteiger partial charge in [-0.2, -0.15) is 20.4 Å². The van der Waals surface area contributed by atoms with E-state index in [1.807, 2.05) is 0 Å². The standard InChI is InChI=1S/2C2H2N2S3.Pb/c2*5-1-3-4-2(6)7-1;/h2*(H,3,5)(H,4,6);/q;;+2/p-2. The molecule has 0 saturated heterocycles. The molecule has 2 rings (SSSR count). The van der Waals surface area contributed by atoms with E-state index in [0.717, 1.165) is 0 Å². The Labute approximate surface area is 136 Å². The summed E-state index contributed by atoms with van der Waals surface area (Å²) in [5.41, 5.74) is 0. The van der Waals surface area contributed by atoms with E-state index in [2.05, 4.69) is 70.9 Å². The van der Waals surface area contributed by atoms with Gasteiger partial charge in [0.2, 0.25) is 0 Å². The predicted molar refractivity (Wildman–Crippen MR) is 71.3 cm³/mol. The summed E-state index contributed by atoms with van der Waals surface area (Å²) >= 11 is 19.6. The number of rotatable bonds is 0. The van der Waals surface area contributed by atoms with Crippen LogP contribution in [0.5, 0.6) is 0 Å². The van der Waals surface area contributed by atoms with Gasteiger partial charge in [-0.05, 0) is 8.68 Å². The normalized spacial score (nSPS) is 8.67. The average Bonchev–Trinajstić information content (AvgIpc) is 2.63. The minimum absolute atomic E-state index is 0. The van der Waals surface area contributed by atoms with E-state index in [0.29, 0.717) is 17.4 Å². The van der Waals surface area contributed by atoms with Crippen molar-refractivity contribution in [2.24, 2.45) is 0 Å². The van der Waals surface area contributed by atoms with Crippen molar-refractivity contribution in [1.82, 2.24) is 20.4 Å². The van der Waals surface area contributed by atoms with Gasteiger partial charge >= 0.3 is 27.3 Å². The van der Waals surface area contributed by atoms with Gasteiger partial charge in [0.25, 0.3) is 0 Å². The van der Waals surface area contributed by atoms with E-state index in [1.54, 1.807) is 0 Å². The van der Waals surface area contributed by atoms with E-state index in [1.165, 1.54) is 22.7 Å². The Balaban J connectivity index is 0.000000245.